The van der Waals surface area contributed by atoms with Crippen LogP contribution in [0.2, 0.25) is 0 Å². The molecule has 4 saturated carbocycles. The maximum Gasteiger partial charge on any atom is 0.317 e. The summed E-state index contributed by atoms with van der Waals surface area (Å²) in [6.07, 6.45) is 16.8. The van der Waals surface area contributed by atoms with Gasteiger partial charge in [-0.1, -0.05) is 19.8 Å². The number of carbonyl (C=O) groups is 1. The van der Waals surface area contributed by atoms with Gasteiger partial charge in [0.2, 0.25) is 0 Å². The number of aryl methyl sites for hydroxylation is 1. The van der Waals surface area contributed by atoms with Gasteiger partial charge in [0.15, 0.2) is 0 Å². The van der Waals surface area contributed by atoms with Crippen molar-refractivity contribution in [3.05, 3.63) is 29.6 Å². The summed E-state index contributed by atoms with van der Waals surface area (Å²) in [6, 6.07) is 3.90. The SMILES string of the molecule is CCCCCN(CCC12CC3CC(CC(C3)C1)C2)C(=O)NCCCc1cc(CO)ccn1. The molecule has 5 rings (SSSR count). The van der Waals surface area contributed by atoms with Gasteiger partial charge in [-0.2, -0.15) is 0 Å². The minimum absolute atomic E-state index is 0.0444. The molecular formula is C27H43N3O2. The molecule has 0 radical (unpaired) electrons. The topological polar surface area (TPSA) is 65.5 Å². The molecule has 32 heavy (non-hydrogen) atoms. The molecule has 178 valence electrons. The lowest BCUT2D eigenvalue weighted by Gasteiger charge is -2.57. The van der Waals surface area contributed by atoms with Gasteiger partial charge >= 0.3 is 6.03 Å². The fourth-order valence-corrected chi connectivity index (χ4v) is 7.18. The lowest BCUT2D eigenvalue weighted by molar-refractivity contribution is -0.0596. The molecule has 0 saturated heterocycles. The standard InChI is InChI=1S/C27H43N3O2/c1-2-3-4-11-30(12-8-27-17-22-13-23(18-27)15-24(14-22)19-27)26(32)29-9-5-6-25-16-21(20-31)7-10-28-25/h7,10,16,22-24,31H,2-6,8-9,11-15,17-20H2,1H3,(H,29,32). The highest BCUT2D eigenvalue weighted by Crippen LogP contribution is 2.61. The van der Waals surface area contributed by atoms with E-state index < -0.39 is 0 Å². The van der Waals surface area contributed by atoms with Gasteiger partial charge in [0.05, 0.1) is 6.61 Å². The first-order chi connectivity index (χ1) is 15.6. The Morgan fingerprint density at radius 1 is 1.12 bits per heavy atom. The van der Waals surface area contributed by atoms with Crippen molar-refractivity contribution < 1.29 is 9.90 Å². The summed E-state index contributed by atoms with van der Waals surface area (Å²) >= 11 is 0. The van der Waals surface area contributed by atoms with Crippen molar-refractivity contribution in [2.75, 3.05) is 19.6 Å². The lowest BCUT2D eigenvalue weighted by Crippen LogP contribution is -2.48. The van der Waals surface area contributed by atoms with Gasteiger partial charge in [-0.05, 0) is 105 Å². The Balaban J connectivity index is 1.25. The van der Waals surface area contributed by atoms with Crippen LogP contribution < -0.4 is 5.32 Å². The normalized spacial score (nSPS) is 28.1. The molecule has 1 aromatic heterocycles. The molecule has 5 nitrogen and oxygen atoms in total. The summed E-state index contributed by atoms with van der Waals surface area (Å²) in [6.45, 7) is 4.74. The quantitative estimate of drug-likeness (QED) is 0.432. The maximum atomic E-state index is 13.0. The maximum absolute atomic E-state index is 13.0. The molecule has 2 amide bonds. The zero-order chi connectivity index (χ0) is 22.4. The van der Waals surface area contributed by atoms with Gasteiger partial charge in [-0.25, -0.2) is 4.79 Å². The first-order valence-corrected chi connectivity index (χ1v) is 13.2. The Bertz CT molecular complexity index is 715. The molecule has 4 aliphatic carbocycles. The van der Waals surface area contributed by atoms with Gasteiger partial charge in [0.25, 0.3) is 0 Å². The van der Waals surface area contributed by atoms with Gasteiger partial charge in [0.1, 0.15) is 0 Å². The third-order valence-corrected chi connectivity index (χ3v) is 8.35. The second-order valence-electron chi connectivity index (χ2n) is 11.0. The van der Waals surface area contributed by atoms with E-state index in [1.165, 1.54) is 57.8 Å². The van der Waals surface area contributed by atoms with Crippen LogP contribution in [0.1, 0.15) is 88.8 Å². The van der Waals surface area contributed by atoms with Crippen molar-refractivity contribution in [1.82, 2.24) is 15.2 Å². The smallest absolute Gasteiger partial charge is 0.317 e. The number of aromatic nitrogens is 1. The number of hydrogen-bond acceptors (Lipinski definition) is 3. The first-order valence-electron chi connectivity index (χ1n) is 13.2. The van der Waals surface area contributed by atoms with Crippen molar-refractivity contribution in [3.63, 3.8) is 0 Å². The highest BCUT2D eigenvalue weighted by molar-refractivity contribution is 5.74. The van der Waals surface area contributed by atoms with Crippen molar-refractivity contribution in [2.24, 2.45) is 23.2 Å². The van der Waals surface area contributed by atoms with Crippen LogP contribution in [0.15, 0.2) is 18.3 Å². The second kappa shape index (κ2) is 11.0. The molecule has 0 atom stereocenters. The third-order valence-electron chi connectivity index (χ3n) is 8.35. The number of nitrogens with one attached hydrogen (secondary N) is 1. The molecule has 0 aromatic carbocycles. The van der Waals surface area contributed by atoms with Crippen molar-refractivity contribution >= 4 is 6.03 Å². The molecule has 0 unspecified atom stereocenters. The summed E-state index contributed by atoms with van der Waals surface area (Å²) in [5.41, 5.74) is 2.40. The summed E-state index contributed by atoms with van der Waals surface area (Å²) in [4.78, 5) is 19.5. The van der Waals surface area contributed by atoms with Crippen LogP contribution in [0.25, 0.3) is 0 Å². The van der Waals surface area contributed by atoms with Crippen molar-refractivity contribution in [1.29, 1.82) is 0 Å². The number of unbranched alkanes of at least 4 members (excludes halogenated alkanes) is 2. The molecule has 1 aromatic rings. The van der Waals surface area contributed by atoms with E-state index in [1.54, 1.807) is 6.20 Å². The van der Waals surface area contributed by atoms with Crippen LogP contribution in [0.4, 0.5) is 4.79 Å². The van der Waals surface area contributed by atoms with Crippen molar-refractivity contribution in [2.45, 2.75) is 90.6 Å². The van der Waals surface area contributed by atoms with Gasteiger partial charge in [0, 0.05) is 31.5 Å². The molecule has 4 fully saturated rings. The zero-order valence-corrected chi connectivity index (χ0v) is 20.0. The Morgan fingerprint density at radius 2 is 1.84 bits per heavy atom. The first kappa shape index (κ1) is 23.5. The van der Waals surface area contributed by atoms with Crippen LogP contribution in [0, 0.1) is 23.2 Å². The van der Waals surface area contributed by atoms with E-state index in [2.05, 4.69) is 22.1 Å². The highest BCUT2D eigenvalue weighted by atomic mass is 16.3. The fourth-order valence-electron chi connectivity index (χ4n) is 7.18. The fraction of sp³-hybridized carbons (Fsp3) is 0.778. The van der Waals surface area contributed by atoms with Crippen LogP contribution in [-0.4, -0.2) is 40.7 Å². The number of carbonyl (C=O) groups excluding carboxylic acids is 1. The van der Waals surface area contributed by atoms with E-state index in [4.69, 9.17) is 0 Å². The predicted octanol–water partition coefficient (Wildman–Crippen LogP) is 5.31. The molecule has 0 aliphatic heterocycles. The van der Waals surface area contributed by atoms with Crippen LogP contribution in [0.5, 0.6) is 0 Å². The van der Waals surface area contributed by atoms with Gasteiger partial charge in [-0.15, -0.1) is 0 Å². The number of pyridine rings is 1. The molecular weight excluding hydrogens is 398 g/mol. The van der Waals surface area contributed by atoms with E-state index in [9.17, 15) is 9.90 Å². The summed E-state index contributed by atoms with van der Waals surface area (Å²) in [5.74, 6) is 2.92. The van der Waals surface area contributed by atoms with Gasteiger partial charge < -0.3 is 15.3 Å². The minimum atomic E-state index is 0.0444. The highest BCUT2D eigenvalue weighted by Gasteiger charge is 2.50. The Labute approximate surface area is 194 Å². The monoisotopic (exact) mass is 441 g/mol. The van der Waals surface area contributed by atoms with Crippen LogP contribution >= 0.6 is 0 Å². The summed E-state index contributed by atoms with van der Waals surface area (Å²) < 4.78 is 0. The van der Waals surface area contributed by atoms with Crippen LogP contribution in [0.3, 0.4) is 0 Å². The van der Waals surface area contributed by atoms with E-state index in [0.717, 1.165) is 61.4 Å². The van der Waals surface area contributed by atoms with E-state index in [1.807, 2.05) is 12.1 Å². The number of hydrogen-bond donors (Lipinski definition) is 2. The molecule has 0 spiro atoms. The van der Waals surface area contributed by atoms with Crippen LogP contribution in [-0.2, 0) is 13.0 Å². The average Bonchev–Trinajstić information content (AvgIpc) is 2.78. The third kappa shape index (κ3) is 6.03. The average molecular weight is 442 g/mol. The lowest BCUT2D eigenvalue weighted by atomic mass is 9.49. The number of nitrogens with zero attached hydrogens (tertiary/aromatic N) is 2. The summed E-state index contributed by atoms with van der Waals surface area (Å²) in [7, 11) is 0. The zero-order valence-electron chi connectivity index (χ0n) is 20.0. The predicted molar refractivity (Wildman–Crippen MR) is 128 cm³/mol. The second-order valence-corrected chi connectivity index (χ2v) is 11.0. The molecule has 4 aliphatic rings. The van der Waals surface area contributed by atoms with E-state index in [-0.39, 0.29) is 12.6 Å². The molecule has 4 bridgehead atoms. The minimum Gasteiger partial charge on any atom is -0.392 e. The molecule has 2 N–H and O–H groups in total. The Morgan fingerprint density at radius 3 is 2.50 bits per heavy atom. The molecule has 5 heteroatoms. The van der Waals surface area contributed by atoms with E-state index >= 15 is 0 Å². The Hall–Kier alpha value is -1.62. The summed E-state index contributed by atoms with van der Waals surface area (Å²) in [5, 5.41) is 12.5. The number of urea groups is 1. The number of aliphatic hydroxyl groups excluding tert-OH is 1. The Kier molecular flexibility index (Phi) is 8.09. The number of rotatable bonds is 12. The van der Waals surface area contributed by atoms with Gasteiger partial charge in [-0.3, -0.25) is 4.98 Å². The van der Waals surface area contributed by atoms with E-state index in [0.29, 0.717) is 12.0 Å². The van der Waals surface area contributed by atoms with Crippen molar-refractivity contribution in [3.8, 4) is 0 Å². The number of amides is 2. The number of aliphatic hydroxyl groups is 1. The largest absolute Gasteiger partial charge is 0.392 e. The molecule has 1 heterocycles.